The largest absolute Gasteiger partial charge is 0.386 e. The molecule has 1 aromatic rings. The van der Waals surface area contributed by atoms with E-state index in [0.29, 0.717) is 31.7 Å². The van der Waals surface area contributed by atoms with Gasteiger partial charge in [0.25, 0.3) is 5.56 Å². The van der Waals surface area contributed by atoms with Crippen molar-refractivity contribution in [1.82, 2.24) is 9.13 Å². The van der Waals surface area contributed by atoms with Crippen molar-refractivity contribution in [2.75, 3.05) is 23.7 Å². The van der Waals surface area contributed by atoms with Crippen molar-refractivity contribution in [1.29, 1.82) is 0 Å². The molecule has 21 heavy (non-hydrogen) atoms. The number of hydrogen-bond donors (Lipinski definition) is 2. The van der Waals surface area contributed by atoms with Gasteiger partial charge in [0.2, 0.25) is 0 Å². The fourth-order valence-corrected chi connectivity index (χ4v) is 2.95. The molecule has 2 heterocycles. The zero-order valence-electron chi connectivity index (χ0n) is 12.9. The zero-order chi connectivity index (χ0) is 15.8. The van der Waals surface area contributed by atoms with Gasteiger partial charge in [0.15, 0.2) is 0 Å². The van der Waals surface area contributed by atoms with Gasteiger partial charge in [-0.3, -0.25) is 13.9 Å². The number of β-amino-alcohol motifs (C(OH)–C–C–N with tert-alkyl or cyclic N) is 1. The summed E-state index contributed by atoms with van der Waals surface area (Å²) in [5, 5.41) is 10.3. The van der Waals surface area contributed by atoms with Crippen LogP contribution in [0.25, 0.3) is 0 Å². The number of hydrogen-bond acceptors (Lipinski definition) is 5. The Kier molecular flexibility index (Phi) is 4.13. The quantitative estimate of drug-likeness (QED) is 0.791. The molecular weight excluding hydrogens is 272 g/mol. The van der Waals surface area contributed by atoms with E-state index >= 15 is 0 Å². The molecule has 0 spiro atoms. The molecule has 0 saturated carbocycles. The third-order valence-corrected chi connectivity index (χ3v) is 4.01. The highest BCUT2D eigenvalue weighted by atomic mass is 16.3. The van der Waals surface area contributed by atoms with E-state index < -0.39 is 16.9 Å². The Balaban J connectivity index is 2.42. The summed E-state index contributed by atoms with van der Waals surface area (Å²) in [5.41, 5.74) is 4.82. The topological polar surface area (TPSA) is 93.5 Å². The highest BCUT2D eigenvalue weighted by Crippen LogP contribution is 2.31. The first-order valence-electron chi connectivity index (χ1n) is 7.41. The second-order valence-corrected chi connectivity index (χ2v) is 5.86. The third-order valence-electron chi connectivity index (χ3n) is 4.01. The minimum absolute atomic E-state index is 0.198. The highest BCUT2D eigenvalue weighted by molar-refractivity contribution is 5.64. The van der Waals surface area contributed by atoms with Gasteiger partial charge in [0.05, 0.1) is 5.60 Å². The molecule has 0 radical (unpaired) electrons. The molecule has 0 aromatic carbocycles. The van der Waals surface area contributed by atoms with E-state index in [0.717, 1.165) is 17.4 Å². The lowest BCUT2D eigenvalue weighted by atomic mass is 9.89. The summed E-state index contributed by atoms with van der Waals surface area (Å²) in [6, 6.07) is 0. The second-order valence-electron chi connectivity index (χ2n) is 5.86. The number of nitrogens with zero attached hydrogens (tertiary/aromatic N) is 3. The first-order valence-corrected chi connectivity index (χ1v) is 7.41. The van der Waals surface area contributed by atoms with Gasteiger partial charge in [-0.2, -0.15) is 0 Å². The first-order chi connectivity index (χ1) is 9.84. The van der Waals surface area contributed by atoms with Crippen LogP contribution >= 0.6 is 0 Å². The van der Waals surface area contributed by atoms with Crippen LogP contribution in [-0.4, -0.2) is 32.9 Å². The Morgan fingerprint density at radius 1 is 1.24 bits per heavy atom. The van der Waals surface area contributed by atoms with Crippen molar-refractivity contribution >= 4 is 11.5 Å². The van der Waals surface area contributed by atoms with Gasteiger partial charge in [0, 0.05) is 26.7 Å². The number of anilines is 2. The van der Waals surface area contributed by atoms with Crippen LogP contribution in [0, 0.1) is 0 Å². The van der Waals surface area contributed by atoms with Crippen LogP contribution in [0.1, 0.15) is 33.1 Å². The average molecular weight is 296 g/mol. The third kappa shape index (κ3) is 2.57. The molecule has 1 aliphatic rings. The monoisotopic (exact) mass is 296 g/mol. The van der Waals surface area contributed by atoms with E-state index in [1.165, 1.54) is 11.6 Å². The smallest absolute Gasteiger partial charge is 0.332 e. The average Bonchev–Trinajstić information content (AvgIpc) is 2.40. The number of nitrogen functional groups attached to an aromatic ring is 1. The van der Waals surface area contributed by atoms with Crippen LogP contribution in [0.15, 0.2) is 9.59 Å². The molecular formula is C14H24N4O3. The molecule has 1 aromatic heterocycles. The summed E-state index contributed by atoms with van der Waals surface area (Å²) >= 11 is 0. The summed E-state index contributed by atoms with van der Waals surface area (Å²) < 4.78 is 2.51. The Morgan fingerprint density at radius 3 is 2.38 bits per heavy atom. The fourth-order valence-electron chi connectivity index (χ4n) is 2.95. The van der Waals surface area contributed by atoms with E-state index in [1.54, 1.807) is 4.90 Å². The molecule has 118 valence electrons. The maximum absolute atomic E-state index is 12.3. The fraction of sp³-hybridized carbons (Fsp3) is 0.714. The van der Waals surface area contributed by atoms with Crippen LogP contribution in [-0.2, 0) is 13.6 Å². The SMILES string of the molecule is CCCn1c(N)c(N2CC(O)(CCC)C2)c(=O)n(C)c1=O. The van der Waals surface area contributed by atoms with Crippen molar-refractivity contribution < 1.29 is 5.11 Å². The van der Waals surface area contributed by atoms with Crippen molar-refractivity contribution in [2.45, 2.75) is 45.3 Å². The van der Waals surface area contributed by atoms with Crippen molar-refractivity contribution in [3.05, 3.63) is 20.8 Å². The Bertz CT molecular complexity index is 641. The number of aromatic nitrogens is 2. The standard InChI is InChI=1S/C14H24N4O3/c1-4-6-14(21)8-17(9-14)10-11(15)18(7-5-2)13(20)16(3)12(10)19/h21H,4-9,15H2,1-3H3. The Labute approximate surface area is 123 Å². The number of aliphatic hydroxyl groups is 1. The highest BCUT2D eigenvalue weighted by Gasteiger charge is 2.42. The van der Waals surface area contributed by atoms with E-state index in [4.69, 9.17) is 5.73 Å². The molecule has 1 saturated heterocycles. The lowest BCUT2D eigenvalue weighted by Crippen LogP contribution is -2.63. The summed E-state index contributed by atoms with van der Waals surface area (Å²) in [6.07, 6.45) is 2.33. The Hall–Kier alpha value is -1.76. The lowest BCUT2D eigenvalue weighted by Gasteiger charge is -2.47. The van der Waals surface area contributed by atoms with Gasteiger partial charge in [-0.15, -0.1) is 0 Å². The molecule has 0 atom stereocenters. The summed E-state index contributed by atoms with van der Waals surface area (Å²) in [4.78, 5) is 26.2. The molecule has 7 heteroatoms. The Morgan fingerprint density at radius 2 is 1.86 bits per heavy atom. The summed E-state index contributed by atoms with van der Waals surface area (Å²) in [5.74, 6) is 0.198. The van der Waals surface area contributed by atoms with Crippen LogP contribution in [0.3, 0.4) is 0 Å². The minimum atomic E-state index is -0.752. The molecule has 7 nitrogen and oxygen atoms in total. The van der Waals surface area contributed by atoms with Crippen LogP contribution in [0.5, 0.6) is 0 Å². The molecule has 2 rings (SSSR count). The maximum atomic E-state index is 12.3. The lowest BCUT2D eigenvalue weighted by molar-refractivity contribution is 0.00323. The van der Waals surface area contributed by atoms with Crippen LogP contribution in [0.4, 0.5) is 11.5 Å². The van der Waals surface area contributed by atoms with Crippen molar-refractivity contribution in [3.8, 4) is 0 Å². The van der Waals surface area contributed by atoms with Crippen molar-refractivity contribution in [2.24, 2.45) is 7.05 Å². The predicted octanol–water partition coefficient (Wildman–Crippen LogP) is -0.110. The molecule has 0 bridgehead atoms. The predicted molar refractivity (Wildman–Crippen MR) is 82.7 cm³/mol. The molecule has 3 N–H and O–H groups in total. The molecule has 1 fully saturated rings. The normalized spacial score (nSPS) is 16.9. The van der Waals surface area contributed by atoms with Gasteiger partial charge >= 0.3 is 5.69 Å². The zero-order valence-corrected chi connectivity index (χ0v) is 12.9. The van der Waals surface area contributed by atoms with E-state index in [1.807, 2.05) is 13.8 Å². The summed E-state index contributed by atoms with van der Waals surface area (Å²) in [7, 11) is 1.46. The first kappa shape index (κ1) is 15.6. The number of nitrogens with two attached hydrogens (primary N) is 1. The van der Waals surface area contributed by atoms with Crippen molar-refractivity contribution in [3.63, 3.8) is 0 Å². The van der Waals surface area contributed by atoms with E-state index in [-0.39, 0.29) is 5.82 Å². The second kappa shape index (κ2) is 5.55. The van der Waals surface area contributed by atoms with Gasteiger partial charge in [-0.1, -0.05) is 20.3 Å². The molecule has 0 amide bonds. The van der Waals surface area contributed by atoms with Gasteiger partial charge < -0.3 is 15.7 Å². The van der Waals surface area contributed by atoms with Gasteiger partial charge in [0.1, 0.15) is 11.5 Å². The van der Waals surface area contributed by atoms with Crippen LogP contribution < -0.4 is 21.9 Å². The molecule has 0 aliphatic carbocycles. The van der Waals surface area contributed by atoms with E-state index in [2.05, 4.69) is 0 Å². The maximum Gasteiger partial charge on any atom is 0.332 e. The molecule has 1 aliphatic heterocycles. The van der Waals surface area contributed by atoms with Gasteiger partial charge in [-0.25, -0.2) is 4.79 Å². The van der Waals surface area contributed by atoms with Gasteiger partial charge in [-0.05, 0) is 12.8 Å². The number of rotatable bonds is 5. The van der Waals surface area contributed by atoms with E-state index in [9.17, 15) is 14.7 Å². The minimum Gasteiger partial charge on any atom is -0.386 e. The summed E-state index contributed by atoms with van der Waals surface area (Å²) in [6.45, 7) is 5.18. The van der Waals surface area contributed by atoms with Crippen LogP contribution in [0.2, 0.25) is 0 Å². The molecule has 0 unspecified atom stereocenters.